The number of hydrogen-bond acceptors (Lipinski definition) is 2. The van der Waals surface area contributed by atoms with Crippen molar-refractivity contribution < 1.29 is 4.74 Å². The van der Waals surface area contributed by atoms with E-state index in [2.05, 4.69) is 11.8 Å². The summed E-state index contributed by atoms with van der Waals surface area (Å²) >= 11 is 0. The van der Waals surface area contributed by atoms with E-state index in [4.69, 9.17) is 4.74 Å². The maximum atomic E-state index is 5.75. The topological polar surface area (TPSA) is 12.5 Å². The molecule has 0 unspecified atom stereocenters. The Morgan fingerprint density at radius 1 is 0.737 bits per heavy atom. The van der Waals surface area contributed by atoms with Crippen molar-refractivity contribution in [2.24, 2.45) is 0 Å². The van der Waals surface area contributed by atoms with Crippen molar-refractivity contribution in [2.45, 2.75) is 20.8 Å². The van der Waals surface area contributed by atoms with Crippen molar-refractivity contribution in [3.05, 3.63) is 54.1 Å². The molecule has 2 aromatic carbocycles. The zero-order chi connectivity index (χ0) is 14.3. The standard InChI is InChI=1S/C15H17NO.C2H6/c1-12-4-8-14(9-5-12)17-15-10-6-13(7-11-15)16(2)3;1-2/h4-11H,1-3H3;1-2H3. The highest BCUT2D eigenvalue weighted by molar-refractivity contribution is 5.48. The minimum absolute atomic E-state index is 0.861. The van der Waals surface area contributed by atoms with Gasteiger partial charge in [-0.2, -0.15) is 0 Å². The van der Waals surface area contributed by atoms with Crippen LogP contribution in [0.2, 0.25) is 0 Å². The Bertz CT molecular complexity index is 472. The minimum Gasteiger partial charge on any atom is -0.457 e. The van der Waals surface area contributed by atoms with E-state index >= 15 is 0 Å². The first-order valence-corrected chi connectivity index (χ1v) is 6.67. The quantitative estimate of drug-likeness (QED) is 0.777. The van der Waals surface area contributed by atoms with Crippen LogP contribution < -0.4 is 9.64 Å². The highest BCUT2D eigenvalue weighted by Gasteiger charge is 1.98. The summed E-state index contributed by atoms with van der Waals surface area (Å²) in [4.78, 5) is 2.07. The lowest BCUT2D eigenvalue weighted by molar-refractivity contribution is 0.482. The number of anilines is 1. The molecule has 0 atom stereocenters. The van der Waals surface area contributed by atoms with Gasteiger partial charge in [-0.25, -0.2) is 0 Å². The van der Waals surface area contributed by atoms with E-state index in [9.17, 15) is 0 Å². The molecule has 2 nitrogen and oxygen atoms in total. The maximum Gasteiger partial charge on any atom is 0.127 e. The number of rotatable bonds is 3. The average Bonchev–Trinajstić information content (AvgIpc) is 2.44. The first-order chi connectivity index (χ1) is 9.15. The second kappa shape index (κ2) is 7.47. The monoisotopic (exact) mass is 257 g/mol. The molecule has 2 heteroatoms. The number of nitrogens with zero attached hydrogens (tertiary/aromatic N) is 1. The van der Waals surface area contributed by atoms with E-state index in [1.807, 2.05) is 76.5 Å². The fourth-order valence-corrected chi connectivity index (χ4v) is 1.55. The Labute approximate surface area is 116 Å². The molecule has 0 aliphatic rings. The zero-order valence-corrected chi connectivity index (χ0v) is 12.5. The molecule has 0 amide bonds. The van der Waals surface area contributed by atoms with Crippen LogP contribution in [-0.2, 0) is 0 Å². The van der Waals surface area contributed by atoms with Gasteiger partial charge in [-0.05, 0) is 43.3 Å². The van der Waals surface area contributed by atoms with Crippen molar-refractivity contribution >= 4 is 5.69 Å². The van der Waals surface area contributed by atoms with Crippen molar-refractivity contribution in [1.82, 2.24) is 0 Å². The Morgan fingerprint density at radius 3 is 1.58 bits per heavy atom. The predicted molar refractivity (Wildman–Crippen MR) is 83.4 cm³/mol. The van der Waals surface area contributed by atoms with Gasteiger partial charge in [0.2, 0.25) is 0 Å². The fourth-order valence-electron chi connectivity index (χ4n) is 1.55. The predicted octanol–water partition coefficient (Wildman–Crippen LogP) is 4.88. The molecule has 2 aromatic rings. The summed E-state index contributed by atoms with van der Waals surface area (Å²) in [5.74, 6) is 1.73. The molecule has 0 saturated carbocycles. The lowest BCUT2D eigenvalue weighted by Gasteiger charge is -2.13. The molecule has 0 spiro atoms. The Kier molecular flexibility index (Phi) is 5.94. The van der Waals surface area contributed by atoms with Crippen LogP contribution in [0, 0.1) is 6.92 Å². The van der Waals surface area contributed by atoms with E-state index in [0.717, 1.165) is 11.5 Å². The maximum absolute atomic E-state index is 5.75. The minimum atomic E-state index is 0.861. The summed E-state index contributed by atoms with van der Waals surface area (Å²) in [5.41, 5.74) is 2.40. The molecule has 102 valence electrons. The molecule has 0 radical (unpaired) electrons. The Hall–Kier alpha value is -1.96. The van der Waals surface area contributed by atoms with Crippen molar-refractivity contribution in [3.63, 3.8) is 0 Å². The number of ether oxygens (including phenoxy) is 1. The second-order valence-electron chi connectivity index (χ2n) is 4.30. The third kappa shape index (κ3) is 4.66. The van der Waals surface area contributed by atoms with Crippen LogP contribution in [0.15, 0.2) is 48.5 Å². The van der Waals surface area contributed by atoms with Crippen LogP contribution in [0.4, 0.5) is 5.69 Å². The lowest BCUT2D eigenvalue weighted by Crippen LogP contribution is -2.07. The van der Waals surface area contributed by atoms with Crippen molar-refractivity contribution in [1.29, 1.82) is 0 Å². The molecule has 0 saturated heterocycles. The van der Waals surface area contributed by atoms with E-state index in [1.54, 1.807) is 0 Å². The molecule has 0 aliphatic carbocycles. The molecule has 0 N–H and O–H groups in total. The van der Waals surface area contributed by atoms with E-state index in [-0.39, 0.29) is 0 Å². The van der Waals surface area contributed by atoms with Gasteiger partial charge in [0.25, 0.3) is 0 Å². The SMILES string of the molecule is CC.Cc1ccc(Oc2ccc(N(C)C)cc2)cc1. The summed E-state index contributed by atoms with van der Waals surface area (Å²) in [6.07, 6.45) is 0. The van der Waals surface area contributed by atoms with E-state index < -0.39 is 0 Å². The molecule has 0 fully saturated rings. The third-order valence-electron chi connectivity index (χ3n) is 2.61. The first kappa shape index (κ1) is 15.1. The molecule has 19 heavy (non-hydrogen) atoms. The van der Waals surface area contributed by atoms with Gasteiger partial charge >= 0.3 is 0 Å². The first-order valence-electron chi connectivity index (χ1n) is 6.67. The second-order valence-corrected chi connectivity index (χ2v) is 4.30. The molecular formula is C17H23NO. The van der Waals surface area contributed by atoms with Gasteiger partial charge in [-0.3, -0.25) is 0 Å². The average molecular weight is 257 g/mol. The van der Waals surface area contributed by atoms with Crippen LogP contribution in [0.3, 0.4) is 0 Å². The van der Waals surface area contributed by atoms with Crippen LogP contribution in [0.1, 0.15) is 19.4 Å². The van der Waals surface area contributed by atoms with Gasteiger partial charge in [0.1, 0.15) is 11.5 Å². The smallest absolute Gasteiger partial charge is 0.127 e. The Balaban J connectivity index is 0.000000861. The highest BCUT2D eigenvalue weighted by Crippen LogP contribution is 2.23. The highest BCUT2D eigenvalue weighted by atomic mass is 16.5. The summed E-state index contributed by atoms with van der Waals surface area (Å²) in [6.45, 7) is 6.07. The largest absolute Gasteiger partial charge is 0.457 e. The Morgan fingerprint density at radius 2 is 1.16 bits per heavy atom. The number of hydrogen-bond donors (Lipinski definition) is 0. The lowest BCUT2D eigenvalue weighted by atomic mass is 10.2. The molecule has 0 aromatic heterocycles. The van der Waals surface area contributed by atoms with E-state index in [1.165, 1.54) is 11.3 Å². The van der Waals surface area contributed by atoms with Crippen molar-refractivity contribution in [3.8, 4) is 11.5 Å². The van der Waals surface area contributed by atoms with Gasteiger partial charge < -0.3 is 9.64 Å². The van der Waals surface area contributed by atoms with Gasteiger partial charge in [0.05, 0.1) is 0 Å². The molecular weight excluding hydrogens is 234 g/mol. The molecule has 0 heterocycles. The summed E-state index contributed by atoms with van der Waals surface area (Å²) in [7, 11) is 4.05. The molecule has 2 rings (SSSR count). The molecule has 0 bridgehead atoms. The van der Waals surface area contributed by atoms with Crippen LogP contribution in [0.25, 0.3) is 0 Å². The number of benzene rings is 2. The van der Waals surface area contributed by atoms with Gasteiger partial charge in [-0.1, -0.05) is 31.5 Å². The summed E-state index contributed by atoms with van der Waals surface area (Å²) < 4.78 is 5.75. The van der Waals surface area contributed by atoms with Crippen LogP contribution >= 0.6 is 0 Å². The van der Waals surface area contributed by atoms with Crippen molar-refractivity contribution in [2.75, 3.05) is 19.0 Å². The van der Waals surface area contributed by atoms with Gasteiger partial charge in [0, 0.05) is 19.8 Å². The van der Waals surface area contributed by atoms with Crippen LogP contribution in [-0.4, -0.2) is 14.1 Å². The zero-order valence-electron chi connectivity index (χ0n) is 12.5. The van der Waals surface area contributed by atoms with Gasteiger partial charge in [-0.15, -0.1) is 0 Å². The third-order valence-corrected chi connectivity index (χ3v) is 2.61. The molecule has 0 aliphatic heterocycles. The van der Waals surface area contributed by atoms with Gasteiger partial charge in [0.15, 0.2) is 0 Å². The number of aryl methyl sites for hydroxylation is 1. The summed E-state index contributed by atoms with van der Waals surface area (Å²) in [5, 5.41) is 0. The normalized spacial score (nSPS) is 9.32. The van der Waals surface area contributed by atoms with Crippen LogP contribution in [0.5, 0.6) is 11.5 Å². The fraction of sp³-hybridized carbons (Fsp3) is 0.294. The van der Waals surface area contributed by atoms with E-state index in [0.29, 0.717) is 0 Å². The summed E-state index contributed by atoms with van der Waals surface area (Å²) in [6, 6.07) is 16.1.